The summed E-state index contributed by atoms with van der Waals surface area (Å²) in [5, 5.41) is 8.76. The van der Waals surface area contributed by atoms with Crippen LogP contribution in [0.15, 0.2) is 134 Å². The summed E-state index contributed by atoms with van der Waals surface area (Å²) in [5.41, 5.74) is 6.07. The van der Waals surface area contributed by atoms with Gasteiger partial charge in [-0.15, -0.1) is 0 Å². The lowest BCUT2D eigenvalue weighted by Crippen LogP contribution is -2.07. The van der Waals surface area contributed by atoms with Crippen molar-refractivity contribution in [3.8, 4) is 33.9 Å². The Bertz CT molecular complexity index is 1660. The van der Waals surface area contributed by atoms with E-state index in [-0.39, 0.29) is 11.9 Å². The van der Waals surface area contributed by atoms with Gasteiger partial charge in [0.1, 0.15) is 11.1 Å². The SMILES string of the molecule is CCOC(=O)c1cnn(-c2ccccc2)c1-c1ccccc1.CCOC(=O)c1cnn(-c2ccccc2)c1-c1ccccc1. The lowest BCUT2D eigenvalue weighted by Gasteiger charge is -2.09. The van der Waals surface area contributed by atoms with E-state index in [1.165, 1.54) is 0 Å². The molecular formula is C36H32N4O4. The molecule has 0 saturated carbocycles. The molecule has 0 bridgehead atoms. The van der Waals surface area contributed by atoms with E-state index < -0.39 is 0 Å². The van der Waals surface area contributed by atoms with Crippen LogP contribution in [-0.2, 0) is 9.47 Å². The molecule has 0 fully saturated rings. The Balaban J connectivity index is 0.000000175. The summed E-state index contributed by atoms with van der Waals surface area (Å²) in [5.74, 6) is -0.716. The maximum atomic E-state index is 12.2. The quantitative estimate of drug-likeness (QED) is 0.173. The van der Waals surface area contributed by atoms with Gasteiger partial charge in [-0.05, 0) is 38.1 Å². The molecule has 220 valence electrons. The highest BCUT2D eigenvalue weighted by Gasteiger charge is 2.22. The molecular weight excluding hydrogens is 552 g/mol. The summed E-state index contributed by atoms with van der Waals surface area (Å²) in [4.78, 5) is 24.4. The minimum absolute atomic E-state index is 0.337. The highest BCUT2D eigenvalue weighted by atomic mass is 16.5. The van der Waals surface area contributed by atoms with Crippen molar-refractivity contribution in [2.75, 3.05) is 13.2 Å². The Morgan fingerprint density at radius 3 is 1.16 bits per heavy atom. The standard InChI is InChI=1S/2C18H16N2O2/c2*1-2-22-18(21)16-13-19-20(15-11-7-4-8-12-15)17(16)14-9-5-3-6-10-14/h2*3-13H,2H2,1H3. The summed E-state index contributed by atoms with van der Waals surface area (Å²) < 4.78 is 13.8. The predicted octanol–water partition coefficient (Wildman–Crippen LogP) is 7.43. The fourth-order valence-corrected chi connectivity index (χ4v) is 4.69. The number of nitrogens with zero attached hydrogens (tertiary/aromatic N) is 4. The first-order valence-corrected chi connectivity index (χ1v) is 14.3. The molecule has 44 heavy (non-hydrogen) atoms. The van der Waals surface area contributed by atoms with Gasteiger partial charge in [0.25, 0.3) is 0 Å². The normalized spacial score (nSPS) is 10.4. The second-order valence-corrected chi connectivity index (χ2v) is 9.48. The van der Waals surface area contributed by atoms with Gasteiger partial charge in [-0.25, -0.2) is 19.0 Å². The molecule has 8 nitrogen and oxygen atoms in total. The molecule has 0 unspecified atom stereocenters. The molecule has 0 amide bonds. The zero-order valence-electron chi connectivity index (χ0n) is 24.5. The van der Waals surface area contributed by atoms with Crippen molar-refractivity contribution in [3.05, 3.63) is 145 Å². The van der Waals surface area contributed by atoms with Gasteiger partial charge < -0.3 is 9.47 Å². The average Bonchev–Trinajstić information content (AvgIpc) is 3.73. The van der Waals surface area contributed by atoms with E-state index >= 15 is 0 Å². The summed E-state index contributed by atoms with van der Waals surface area (Å²) >= 11 is 0. The summed E-state index contributed by atoms with van der Waals surface area (Å²) in [6.07, 6.45) is 3.13. The van der Waals surface area contributed by atoms with Crippen molar-refractivity contribution in [2.45, 2.75) is 13.8 Å². The van der Waals surface area contributed by atoms with E-state index in [2.05, 4.69) is 10.2 Å². The van der Waals surface area contributed by atoms with E-state index in [1.807, 2.05) is 121 Å². The van der Waals surface area contributed by atoms with Crippen LogP contribution in [0.5, 0.6) is 0 Å². The Hall–Kier alpha value is -5.76. The molecule has 8 heteroatoms. The minimum atomic E-state index is -0.358. The Labute approximate surface area is 256 Å². The van der Waals surface area contributed by atoms with Crippen molar-refractivity contribution in [2.24, 2.45) is 0 Å². The number of benzene rings is 4. The second-order valence-electron chi connectivity index (χ2n) is 9.48. The van der Waals surface area contributed by atoms with Crippen LogP contribution in [0.25, 0.3) is 33.9 Å². The van der Waals surface area contributed by atoms with Gasteiger partial charge in [0, 0.05) is 11.1 Å². The average molecular weight is 585 g/mol. The number of carbonyl (C=O) groups is 2. The summed E-state index contributed by atoms with van der Waals surface area (Å²) in [6.45, 7) is 4.26. The number of hydrogen-bond donors (Lipinski definition) is 0. The highest BCUT2D eigenvalue weighted by Crippen LogP contribution is 2.28. The van der Waals surface area contributed by atoms with Gasteiger partial charge in [-0.1, -0.05) is 97.1 Å². The van der Waals surface area contributed by atoms with Crippen molar-refractivity contribution >= 4 is 11.9 Å². The van der Waals surface area contributed by atoms with Crippen LogP contribution in [0.1, 0.15) is 34.6 Å². The third kappa shape index (κ3) is 6.65. The molecule has 4 aromatic carbocycles. The van der Waals surface area contributed by atoms with Crippen LogP contribution in [-0.4, -0.2) is 44.7 Å². The fourth-order valence-electron chi connectivity index (χ4n) is 4.69. The van der Waals surface area contributed by atoms with Gasteiger partial charge in [-0.3, -0.25) is 0 Å². The maximum absolute atomic E-state index is 12.2. The smallest absolute Gasteiger partial charge is 0.342 e. The molecule has 6 rings (SSSR count). The first-order chi connectivity index (χ1) is 21.6. The molecule has 0 aliphatic carbocycles. The van der Waals surface area contributed by atoms with Crippen molar-refractivity contribution in [3.63, 3.8) is 0 Å². The topological polar surface area (TPSA) is 88.2 Å². The Kier molecular flexibility index (Phi) is 9.74. The van der Waals surface area contributed by atoms with E-state index in [0.29, 0.717) is 24.3 Å². The molecule has 6 aromatic rings. The first-order valence-electron chi connectivity index (χ1n) is 14.3. The van der Waals surface area contributed by atoms with Crippen LogP contribution in [0.4, 0.5) is 0 Å². The summed E-state index contributed by atoms with van der Waals surface area (Å²) in [6, 6.07) is 38.9. The third-order valence-corrected chi connectivity index (χ3v) is 6.63. The number of carbonyl (C=O) groups excluding carboxylic acids is 2. The first kappa shape index (κ1) is 29.7. The van der Waals surface area contributed by atoms with Crippen LogP contribution in [0, 0.1) is 0 Å². The Morgan fingerprint density at radius 1 is 0.523 bits per heavy atom. The van der Waals surface area contributed by atoms with E-state index in [9.17, 15) is 9.59 Å². The zero-order valence-corrected chi connectivity index (χ0v) is 24.5. The molecule has 0 aliphatic heterocycles. The Morgan fingerprint density at radius 2 is 0.841 bits per heavy atom. The molecule has 0 N–H and O–H groups in total. The number of esters is 2. The molecule has 2 heterocycles. The number of aromatic nitrogens is 4. The second kappa shape index (κ2) is 14.4. The van der Waals surface area contributed by atoms with Crippen molar-refractivity contribution < 1.29 is 19.1 Å². The van der Waals surface area contributed by atoms with Crippen molar-refractivity contribution in [1.82, 2.24) is 19.6 Å². The molecule has 0 radical (unpaired) electrons. The summed E-state index contributed by atoms with van der Waals surface area (Å²) in [7, 11) is 0. The molecule has 0 aliphatic rings. The number of para-hydroxylation sites is 2. The lowest BCUT2D eigenvalue weighted by molar-refractivity contribution is 0.0517. The molecule has 0 spiro atoms. The monoisotopic (exact) mass is 584 g/mol. The largest absolute Gasteiger partial charge is 0.462 e. The van der Waals surface area contributed by atoms with Gasteiger partial charge >= 0.3 is 11.9 Å². The van der Waals surface area contributed by atoms with E-state index in [0.717, 1.165) is 33.9 Å². The lowest BCUT2D eigenvalue weighted by atomic mass is 10.1. The molecule has 2 aromatic heterocycles. The van der Waals surface area contributed by atoms with Crippen LogP contribution < -0.4 is 0 Å². The molecule has 0 saturated heterocycles. The minimum Gasteiger partial charge on any atom is -0.462 e. The number of hydrogen-bond acceptors (Lipinski definition) is 6. The van der Waals surface area contributed by atoms with Crippen LogP contribution in [0.3, 0.4) is 0 Å². The van der Waals surface area contributed by atoms with Crippen LogP contribution >= 0.6 is 0 Å². The van der Waals surface area contributed by atoms with Crippen molar-refractivity contribution in [1.29, 1.82) is 0 Å². The van der Waals surface area contributed by atoms with Gasteiger partial charge in [0.2, 0.25) is 0 Å². The third-order valence-electron chi connectivity index (χ3n) is 6.63. The number of ether oxygens (including phenoxy) is 2. The van der Waals surface area contributed by atoms with Gasteiger partial charge in [-0.2, -0.15) is 10.2 Å². The predicted molar refractivity (Wildman–Crippen MR) is 170 cm³/mol. The van der Waals surface area contributed by atoms with E-state index in [4.69, 9.17) is 9.47 Å². The highest BCUT2D eigenvalue weighted by molar-refractivity contribution is 5.97. The zero-order chi connectivity index (χ0) is 30.7. The van der Waals surface area contributed by atoms with Crippen LogP contribution in [0.2, 0.25) is 0 Å². The number of rotatable bonds is 8. The maximum Gasteiger partial charge on any atom is 0.342 e. The molecule has 0 atom stereocenters. The fraction of sp³-hybridized carbons (Fsp3) is 0.111. The van der Waals surface area contributed by atoms with Gasteiger partial charge in [0.05, 0.1) is 48.4 Å². The van der Waals surface area contributed by atoms with E-state index in [1.54, 1.807) is 35.6 Å². The van der Waals surface area contributed by atoms with Gasteiger partial charge in [0.15, 0.2) is 0 Å².